The highest BCUT2D eigenvalue weighted by Gasteiger charge is 2.19. The van der Waals surface area contributed by atoms with Crippen molar-refractivity contribution in [3.05, 3.63) is 55.4 Å². The van der Waals surface area contributed by atoms with E-state index in [4.69, 9.17) is 14.2 Å². The molecule has 0 spiro atoms. The molecular weight excluding hydrogens is 512 g/mol. The van der Waals surface area contributed by atoms with Crippen LogP contribution < -0.4 is 20.1 Å². The number of ether oxygens (including phenoxy) is 3. The second-order valence-electron chi connectivity index (χ2n) is 9.26. The predicted octanol–water partition coefficient (Wildman–Crippen LogP) is 3.46. The van der Waals surface area contributed by atoms with Crippen molar-refractivity contribution in [2.45, 2.75) is 13.3 Å². The van der Waals surface area contributed by atoms with Crippen molar-refractivity contribution < 1.29 is 23.8 Å². The lowest BCUT2D eigenvalue weighted by molar-refractivity contribution is -0.144. The lowest BCUT2D eigenvalue weighted by Crippen LogP contribution is -2.48. The van der Waals surface area contributed by atoms with E-state index in [0.717, 1.165) is 56.0 Å². The number of piperazine rings is 1. The van der Waals surface area contributed by atoms with Crippen molar-refractivity contribution in [2.24, 2.45) is 0 Å². The van der Waals surface area contributed by atoms with Gasteiger partial charge in [0.05, 0.1) is 38.1 Å². The maximum absolute atomic E-state index is 12.2. The molecule has 2 N–H and O–H groups in total. The minimum Gasteiger partial charge on any atom is -0.497 e. The Bertz CT molecular complexity index is 1330. The molecule has 11 nitrogen and oxygen atoms in total. The third-order valence-corrected chi connectivity index (χ3v) is 6.51. The Morgan fingerprint density at radius 1 is 1.10 bits per heavy atom. The molecule has 0 bridgehead atoms. The van der Waals surface area contributed by atoms with Crippen LogP contribution in [0.1, 0.15) is 13.3 Å². The molecule has 212 valence electrons. The lowest BCUT2D eigenvalue weighted by atomic mass is 10.1. The number of carbonyl (C=O) groups excluding carboxylic acids is 2. The molecule has 0 radical (unpaired) electrons. The zero-order chi connectivity index (χ0) is 28.3. The van der Waals surface area contributed by atoms with Crippen molar-refractivity contribution in [2.75, 3.05) is 70.2 Å². The van der Waals surface area contributed by atoms with E-state index in [1.165, 1.54) is 12.4 Å². The molecule has 4 rings (SSSR count). The number of carbonyl (C=O) groups is 2. The molecule has 11 heteroatoms. The van der Waals surface area contributed by atoms with Crippen molar-refractivity contribution in [1.82, 2.24) is 19.8 Å². The van der Waals surface area contributed by atoms with Gasteiger partial charge in [0.15, 0.2) is 0 Å². The van der Waals surface area contributed by atoms with Crippen LogP contribution in [-0.4, -0.2) is 91.2 Å². The van der Waals surface area contributed by atoms with Gasteiger partial charge in [0.1, 0.15) is 23.6 Å². The monoisotopic (exact) mass is 548 g/mol. The summed E-state index contributed by atoms with van der Waals surface area (Å²) in [5.41, 5.74) is 1.98. The third-order valence-electron chi connectivity index (χ3n) is 6.51. The van der Waals surface area contributed by atoms with E-state index in [9.17, 15) is 9.59 Å². The summed E-state index contributed by atoms with van der Waals surface area (Å²) in [4.78, 5) is 37.2. The Labute approximate surface area is 234 Å². The molecule has 1 aromatic heterocycles. The molecule has 1 aliphatic heterocycles. The number of hydrogen-bond acceptors (Lipinski definition) is 10. The molecule has 0 atom stereocenters. The molecule has 40 heavy (non-hydrogen) atoms. The van der Waals surface area contributed by atoms with Crippen LogP contribution in [0.4, 0.5) is 17.2 Å². The Morgan fingerprint density at radius 3 is 2.65 bits per heavy atom. The Balaban J connectivity index is 1.40. The molecule has 1 amide bonds. The number of methoxy groups -OCH3 is 1. The van der Waals surface area contributed by atoms with Crippen molar-refractivity contribution in [1.29, 1.82) is 0 Å². The van der Waals surface area contributed by atoms with Gasteiger partial charge in [0.25, 0.3) is 0 Å². The SMILES string of the molecule is C=CC(=O)Nc1cc2c(Nc3cccc(OC)c3)ncnc2cc1OCCCN1CCN(CC(=O)OCC)CC1. The smallest absolute Gasteiger partial charge is 0.320 e. The van der Waals surface area contributed by atoms with Gasteiger partial charge in [0, 0.05) is 55.9 Å². The van der Waals surface area contributed by atoms with Crippen LogP contribution in [0.2, 0.25) is 0 Å². The first-order valence-corrected chi connectivity index (χ1v) is 13.4. The molecule has 1 aliphatic rings. The molecule has 3 aromatic rings. The molecule has 2 aromatic carbocycles. The molecule has 0 aliphatic carbocycles. The number of hydrogen-bond donors (Lipinski definition) is 2. The summed E-state index contributed by atoms with van der Waals surface area (Å²) < 4.78 is 16.5. The highest BCUT2D eigenvalue weighted by molar-refractivity contribution is 6.03. The Hall–Kier alpha value is -4.22. The van der Waals surface area contributed by atoms with Gasteiger partial charge in [-0.25, -0.2) is 9.97 Å². The molecule has 2 heterocycles. The number of amides is 1. The summed E-state index contributed by atoms with van der Waals surface area (Å²) in [6, 6.07) is 11.1. The molecule has 0 saturated carbocycles. The van der Waals surface area contributed by atoms with Gasteiger partial charge in [-0.1, -0.05) is 12.6 Å². The molecular formula is C29H36N6O5. The number of esters is 1. The third kappa shape index (κ3) is 7.90. The predicted molar refractivity (Wildman–Crippen MR) is 154 cm³/mol. The van der Waals surface area contributed by atoms with Gasteiger partial charge in [-0.2, -0.15) is 0 Å². The fourth-order valence-corrected chi connectivity index (χ4v) is 4.45. The van der Waals surface area contributed by atoms with Crippen LogP contribution in [0.3, 0.4) is 0 Å². The van der Waals surface area contributed by atoms with E-state index in [2.05, 4.69) is 37.0 Å². The second-order valence-corrected chi connectivity index (χ2v) is 9.26. The second kappa shape index (κ2) is 14.2. The number of aromatic nitrogens is 2. The van der Waals surface area contributed by atoms with E-state index < -0.39 is 0 Å². The van der Waals surface area contributed by atoms with Crippen LogP contribution in [0, 0.1) is 0 Å². The van der Waals surface area contributed by atoms with Gasteiger partial charge in [-0.05, 0) is 37.6 Å². The summed E-state index contributed by atoms with van der Waals surface area (Å²) >= 11 is 0. The Morgan fingerprint density at radius 2 is 1.90 bits per heavy atom. The first-order chi connectivity index (χ1) is 19.5. The van der Waals surface area contributed by atoms with E-state index in [-0.39, 0.29) is 11.9 Å². The zero-order valence-electron chi connectivity index (χ0n) is 23.0. The minimum absolute atomic E-state index is 0.174. The summed E-state index contributed by atoms with van der Waals surface area (Å²) in [6.07, 6.45) is 3.50. The highest BCUT2D eigenvalue weighted by Crippen LogP contribution is 2.34. The maximum Gasteiger partial charge on any atom is 0.320 e. The van der Waals surface area contributed by atoms with Crippen molar-refractivity contribution >= 4 is 40.0 Å². The highest BCUT2D eigenvalue weighted by atomic mass is 16.5. The van der Waals surface area contributed by atoms with Gasteiger partial charge in [-0.15, -0.1) is 0 Å². The van der Waals surface area contributed by atoms with E-state index >= 15 is 0 Å². The van der Waals surface area contributed by atoms with Crippen LogP contribution in [-0.2, 0) is 14.3 Å². The van der Waals surface area contributed by atoms with Crippen LogP contribution in [0.25, 0.3) is 10.9 Å². The van der Waals surface area contributed by atoms with Crippen LogP contribution in [0.15, 0.2) is 55.4 Å². The average molecular weight is 549 g/mol. The van der Waals surface area contributed by atoms with E-state index in [0.29, 0.717) is 42.5 Å². The standard InChI is InChI=1S/C29H36N6O5/c1-4-27(36)33-25-17-23-24(30-20-31-29(23)32-21-8-6-9-22(16-21)38-3)18-26(25)40-15-7-10-34-11-13-35(14-12-34)19-28(37)39-5-2/h4,6,8-9,16-18,20H,1,5,7,10-15,19H2,2-3H3,(H,33,36)(H,30,31,32). The zero-order valence-corrected chi connectivity index (χ0v) is 23.0. The molecule has 1 saturated heterocycles. The minimum atomic E-state index is -0.343. The first-order valence-electron chi connectivity index (χ1n) is 13.4. The first kappa shape index (κ1) is 28.8. The van der Waals surface area contributed by atoms with Crippen LogP contribution >= 0.6 is 0 Å². The Kier molecular flexibility index (Phi) is 10.3. The number of nitrogens with one attached hydrogen (secondary N) is 2. The van der Waals surface area contributed by atoms with E-state index in [1.54, 1.807) is 19.2 Å². The number of fused-ring (bicyclic) bond motifs is 1. The van der Waals surface area contributed by atoms with E-state index in [1.807, 2.05) is 31.2 Å². The fourth-order valence-electron chi connectivity index (χ4n) is 4.45. The summed E-state index contributed by atoms with van der Waals surface area (Å²) in [6.45, 7) is 10.9. The summed E-state index contributed by atoms with van der Waals surface area (Å²) in [5.74, 6) is 1.31. The van der Waals surface area contributed by atoms with Gasteiger partial charge in [0.2, 0.25) is 5.91 Å². The fraction of sp³-hybridized carbons (Fsp3) is 0.379. The van der Waals surface area contributed by atoms with Crippen molar-refractivity contribution in [3.8, 4) is 11.5 Å². The molecule has 0 unspecified atom stereocenters. The lowest BCUT2D eigenvalue weighted by Gasteiger charge is -2.34. The van der Waals surface area contributed by atoms with Gasteiger partial charge < -0.3 is 29.7 Å². The van der Waals surface area contributed by atoms with Gasteiger partial charge in [-0.3, -0.25) is 14.5 Å². The number of benzene rings is 2. The normalized spacial score (nSPS) is 13.9. The topological polar surface area (TPSA) is 118 Å². The number of rotatable bonds is 13. The van der Waals surface area contributed by atoms with Crippen LogP contribution in [0.5, 0.6) is 11.5 Å². The number of anilines is 3. The summed E-state index contributed by atoms with van der Waals surface area (Å²) in [5, 5.41) is 6.87. The van der Waals surface area contributed by atoms with Gasteiger partial charge >= 0.3 is 5.97 Å². The molecule has 1 fully saturated rings. The quantitative estimate of drug-likeness (QED) is 0.187. The summed E-state index contributed by atoms with van der Waals surface area (Å²) in [7, 11) is 1.61. The van der Waals surface area contributed by atoms with Crippen molar-refractivity contribution in [3.63, 3.8) is 0 Å². The maximum atomic E-state index is 12.2. The largest absolute Gasteiger partial charge is 0.497 e. The average Bonchev–Trinajstić information content (AvgIpc) is 2.96. The number of nitrogens with zero attached hydrogens (tertiary/aromatic N) is 4.